The summed E-state index contributed by atoms with van der Waals surface area (Å²) in [5, 5.41) is 56.5. The minimum atomic E-state index is -2.22. The van der Waals surface area contributed by atoms with Gasteiger partial charge in [-0.25, -0.2) is 0 Å². The van der Waals surface area contributed by atoms with Gasteiger partial charge in [-0.15, -0.1) is 0 Å². The lowest BCUT2D eigenvalue weighted by Gasteiger charge is -2.37. The smallest absolute Gasteiger partial charge is 0.174 e. The second-order valence-corrected chi connectivity index (χ2v) is 12.0. The van der Waals surface area contributed by atoms with Crippen LogP contribution in [-0.4, -0.2) is 96.0 Å². The zero-order valence-electron chi connectivity index (χ0n) is 25.4. The number of aliphatic hydroxyl groups excluding tert-OH is 2. The van der Waals surface area contributed by atoms with Gasteiger partial charge in [0, 0.05) is 84.6 Å². The van der Waals surface area contributed by atoms with E-state index in [1.54, 1.807) is 12.4 Å². The number of phenolic OH excluding ortho intramolecular Hbond substituents is 1. The SMILES string of the molecule is CC(=O)CC(=O)[C@@](O)(CO)C(CCO)CC1CC(=O)c2c(O)c(CN(Cc3ccn[nH]3)Cc3ccn[nH]3)cc(N(C)C)c2C1.[HH].[HH]. The third-order valence-electron chi connectivity index (χ3n) is 8.39. The van der Waals surface area contributed by atoms with Crippen LogP contribution in [0.3, 0.4) is 0 Å². The number of carbonyl (C=O) groups is 3. The van der Waals surface area contributed by atoms with Crippen molar-refractivity contribution in [1.82, 2.24) is 25.3 Å². The van der Waals surface area contributed by atoms with E-state index in [1.807, 2.05) is 37.2 Å². The Bertz CT molecular complexity index is 1420. The first kappa shape index (κ1) is 33.0. The first-order chi connectivity index (χ1) is 21.0. The number of hydrogen-bond acceptors (Lipinski definition) is 11. The van der Waals surface area contributed by atoms with Gasteiger partial charge in [-0.3, -0.25) is 29.5 Å². The van der Waals surface area contributed by atoms with Crippen LogP contribution in [0.5, 0.6) is 5.75 Å². The maximum atomic E-state index is 13.7. The van der Waals surface area contributed by atoms with Gasteiger partial charge >= 0.3 is 0 Å². The molecular weight excluding hydrogens is 568 g/mol. The number of nitrogens with one attached hydrogen (secondary N) is 2. The van der Waals surface area contributed by atoms with Crippen molar-refractivity contribution in [2.75, 3.05) is 32.2 Å². The lowest BCUT2D eigenvalue weighted by Crippen LogP contribution is -2.51. The van der Waals surface area contributed by atoms with Gasteiger partial charge in [-0.2, -0.15) is 10.2 Å². The molecule has 0 amide bonds. The zero-order valence-corrected chi connectivity index (χ0v) is 25.4. The number of anilines is 1. The van der Waals surface area contributed by atoms with Crippen molar-refractivity contribution in [3.63, 3.8) is 0 Å². The Morgan fingerprint density at radius 3 is 2.23 bits per heavy atom. The van der Waals surface area contributed by atoms with Crippen molar-refractivity contribution in [2.24, 2.45) is 11.8 Å². The average Bonchev–Trinajstić information content (AvgIpc) is 3.67. The molecule has 0 bridgehead atoms. The van der Waals surface area contributed by atoms with Crippen LogP contribution in [0, 0.1) is 11.8 Å². The summed E-state index contributed by atoms with van der Waals surface area (Å²) in [5.41, 5.74) is 1.82. The number of nitrogens with zero attached hydrogens (tertiary/aromatic N) is 4. The third-order valence-corrected chi connectivity index (χ3v) is 8.39. The van der Waals surface area contributed by atoms with Crippen molar-refractivity contribution in [3.05, 3.63) is 58.7 Å². The number of carbonyl (C=O) groups excluding carboxylic acids is 3. The van der Waals surface area contributed by atoms with Crippen LogP contribution in [0.2, 0.25) is 0 Å². The maximum absolute atomic E-state index is 13.7. The number of aromatic amines is 2. The van der Waals surface area contributed by atoms with Gasteiger partial charge in [-0.05, 0) is 61.8 Å². The van der Waals surface area contributed by atoms with E-state index >= 15 is 0 Å². The molecule has 13 heteroatoms. The molecule has 0 radical (unpaired) electrons. The van der Waals surface area contributed by atoms with E-state index in [2.05, 4.69) is 25.3 Å². The van der Waals surface area contributed by atoms with Crippen LogP contribution in [0.1, 0.15) is 68.3 Å². The molecule has 0 aliphatic heterocycles. The van der Waals surface area contributed by atoms with Gasteiger partial charge in [0.15, 0.2) is 11.6 Å². The molecule has 0 saturated carbocycles. The Balaban J connectivity index is 0.00000368. The molecule has 0 saturated heterocycles. The van der Waals surface area contributed by atoms with Crippen molar-refractivity contribution in [1.29, 1.82) is 0 Å². The Hall–Kier alpha value is -3.91. The molecule has 0 fully saturated rings. The number of ketones is 3. The molecule has 1 aromatic carbocycles. The summed E-state index contributed by atoms with van der Waals surface area (Å²) < 4.78 is 0. The zero-order chi connectivity index (χ0) is 32.0. The molecular formula is C31H46N6O7. The maximum Gasteiger partial charge on any atom is 0.174 e. The highest BCUT2D eigenvalue weighted by atomic mass is 16.3. The minimum absolute atomic E-state index is 0. The van der Waals surface area contributed by atoms with E-state index in [-0.39, 0.29) is 51.7 Å². The number of aliphatic hydroxyl groups is 3. The third kappa shape index (κ3) is 7.41. The molecule has 6 N–H and O–H groups in total. The Labute approximate surface area is 258 Å². The van der Waals surface area contributed by atoms with Crippen molar-refractivity contribution in [2.45, 2.75) is 64.3 Å². The Morgan fingerprint density at radius 2 is 1.73 bits per heavy atom. The lowest BCUT2D eigenvalue weighted by atomic mass is 9.71. The van der Waals surface area contributed by atoms with E-state index in [0.717, 1.165) is 17.1 Å². The molecule has 4 rings (SSSR count). The molecule has 44 heavy (non-hydrogen) atoms. The quantitative estimate of drug-likeness (QED) is 0.129. The summed E-state index contributed by atoms with van der Waals surface area (Å²) in [6.07, 6.45) is 3.39. The number of phenols is 1. The van der Waals surface area contributed by atoms with Crippen LogP contribution in [0.15, 0.2) is 30.6 Å². The molecule has 2 aromatic heterocycles. The van der Waals surface area contributed by atoms with Gasteiger partial charge in [0.05, 0.1) is 18.6 Å². The van der Waals surface area contributed by atoms with Crippen LogP contribution in [0.25, 0.3) is 0 Å². The molecule has 0 spiro atoms. The number of hydrogen-bond donors (Lipinski definition) is 6. The molecule has 1 aliphatic rings. The molecule has 3 aromatic rings. The van der Waals surface area contributed by atoms with Crippen LogP contribution >= 0.6 is 0 Å². The van der Waals surface area contributed by atoms with Crippen LogP contribution < -0.4 is 4.90 Å². The van der Waals surface area contributed by atoms with Crippen LogP contribution in [0.4, 0.5) is 5.69 Å². The highest BCUT2D eigenvalue weighted by molar-refractivity contribution is 6.03. The van der Waals surface area contributed by atoms with Gasteiger partial charge in [-0.1, -0.05) is 0 Å². The van der Waals surface area contributed by atoms with Gasteiger partial charge in [0.1, 0.15) is 17.1 Å². The largest absolute Gasteiger partial charge is 0.507 e. The summed E-state index contributed by atoms with van der Waals surface area (Å²) in [4.78, 5) is 42.1. The summed E-state index contributed by atoms with van der Waals surface area (Å²) in [6, 6.07) is 5.62. The van der Waals surface area contributed by atoms with Gasteiger partial charge < -0.3 is 25.3 Å². The molecule has 3 atom stereocenters. The molecule has 2 heterocycles. The van der Waals surface area contributed by atoms with Crippen LogP contribution in [-0.2, 0) is 35.6 Å². The number of benzene rings is 1. The summed E-state index contributed by atoms with van der Waals surface area (Å²) in [7, 11) is 3.72. The predicted octanol–water partition coefficient (Wildman–Crippen LogP) is 2.00. The molecule has 1 aliphatic carbocycles. The second-order valence-electron chi connectivity index (χ2n) is 12.0. The number of aromatic hydroxyl groups is 1. The Kier molecular flexibility index (Phi) is 10.7. The highest BCUT2D eigenvalue weighted by Gasteiger charge is 2.45. The highest BCUT2D eigenvalue weighted by Crippen LogP contribution is 2.43. The standard InChI is InChI=1S/C31H42N6O7.2H2/c1-19(40)10-28(42)31(44,18-39)22(6-9-38)11-20-12-25-26(36(2)3)14-21(30(43)29(25)27(41)13-20)15-37(16-23-4-7-32-34-23)17-24-5-8-33-35-24;;/h4-5,7-8,14,20,22,38-39,43-44H,6,9-13,15-18H2,1-3H3,(H,32,34)(H,33,35);2*1H/t20?,22?,31-;;/m1../s1. The van der Waals surface area contributed by atoms with E-state index in [1.165, 1.54) is 6.92 Å². The normalized spacial score (nSPS) is 16.9. The van der Waals surface area contributed by atoms with Crippen molar-refractivity contribution in [3.8, 4) is 5.75 Å². The topological polar surface area (TPSA) is 196 Å². The number of Topliss-reactive ketones (excluding diaryl/α,β-unsaturated/α-hetero) is 3. The monoisotopic (exact) mass is 614 g/mol. The van der Waals surface area contributed by atoms with E-state index < -0.39 is 36.1 Å². The average molecular weight is 615 g/mol. The molecule has 242 valence electrons. The minimum Gasteiger partial charge on any atom is -0.507 e. The number of rotatable bonds is 16. The Morgan fingerprint density at radius 1 is 1.09 bits per heavy atom. The summed E-state index contributed by atoms with van der Waals surface area (Å²) in [6.45, 7) is 1.32. The van der Waals surface area contributed by atoms with E-state index in [9.17, 15) is 34.8 Å². The number of aromatic nitrogens is 4. The molecule has 2 unspecified atom stereocenters. The van der Waals surface area contributed by atoms with E-state index in [4.69, 9.17) is 0 Å². The fraction of sp³-hybridized carbons (Fsp3) is 0.516. The first-order valence-corrected chi connectivity index (χ1v) is 14.7. The van der Waals surface area contributed by atoms with Crippen molar-refractivity contribution >= 4 is 23.0 Å². The lowest BCUT2D eigenvalue weighted by molar-refractivity contribution is -0.152. The van der Waals surface area contributed by atoms with Gasteiger partial charge in [0.2, 0.25) is 0 Å². The summed E-state index contributed by atoms with van der Waals surface area (Å²) >= 11 is 0. The molecule has 13 nitrogen and oxygen atoms in total. The second kappa shape index (κ2) is 14.2. The number of fused-ring (bicyclic) bond motifs is 1. The van der Waals surface area contributed by atoms with Crippen molar-refractivity contribution < 1.29 is 37.7 Å². The fourth-order valence-electron chi connectivity index (χ4n) is 6.24. The van der Waals surface area contributed by atoms with E-state index in [0.29, 0.717) is 37.2 Å². The predicted molar refractivity (Wildman–Crippen MR) is 165 cm³/mol. The van der Waals surface area contributed by atoms with Gasteiger partial charge in [0.25, 0.3) is 0 Å². The summed E-state index contributed by atoms with van der Waals surface area (Å²) in [5.74, 6) is -2.81. The number of H-pyrrole nitrogens is 2. The fourth-order valence-corrected chi connectivity index (χ4v) is 6.24. The first-order valence-electron chi connectivity index (χ1n) is 14.7.